The van der Waals surface area contributed by atoms with Crippen molar-refractivity contribution in [2.75, 3.05) is 26.7 Å². The lowest BCUT2D eigenvalue weighted by Crippen LogP contribution is -2.48. The summed E-state index contributed by atoms with van der Waals surface area (Å²) < 4.78 is 0. The molecule has 21 heavy (non-hydrogen) atoms. The standard InChI is InChI=1S/C19H38N2/c1-16(2)13-20-14-19(11-7-8-17(3)12-19)15-21(4)18-9-5-6-10-18/h16-18,20H,5-15H2,1-4H3. The molecule has 2 unspecified atom stereocenters. The molecule has 0 aromatic carbocycles. The molecule has 0 spiro atoms. The molecule has 2 aliphatic carbocycles. The molecule has 2 nitrogen and oxygen atoms in total. The normalized spacial score (nSPS) is 31.4. The summed E-state index contributed by atoms with van der Waals surface area (Å²) in [4.78, 5) is 2.71. The van der Waals surface area contributed by atoms with Crippen molar-refractivity contribution < 1.29 is 0 Å². The zero-order chi connectivity index (χ0) is 15.3. The van der Waals surface area contributed by atoms with Crippen LogP contribution < -0.4 is 5.32 Å². The van der Waals surface area contributed by atoms with Crippen LogP contribution in [0.1, 0.15) is 72.1 Å². The molecule has 2 aliphatic rings. The molecule has 2 saturated carbocycles. The Morgan fingerprint density at radius 1 is 1.14 bits per heavy atom. The molecule has 0 aromatic rings. The first-order chi connectivity index (χ1) is 10.0. The molecule has 0 bridgehead atoms. The SMILES string of the molecule is CC(C)CNCC1(CN(C)C2CCCC2)CCCC(C)C1. The summed E-state index contributed by atoms with van der Waals surface area (Å²) in [5, 5.41) is 3.79. The number of hydrogen-bond acceptors (Lipinski definition) is 2. The molecule has 1 N–H and O–H groups in total. The largest absolute Gasteiger partial charge is 0.316 e. The Morgan fingerprint density at radius 2 is 1.86 bits per heavy atom. The molecule has 124 valence electrons. The van der Waals surface area contributed by atoms with Crippen LogP contribution in [0.4, 0.5) is 0 Å². The first kappa shape index (κ1) is 17.3. The molecular formula is C19H38N2. The molecule has 0 saturated heterocycles. The van der Waals surface area contributed by atoms with E-state index in [1.54, 1.807) is 0 Å². The van der Waals surface area contributed by atoms with Crippen molar-refractivity contribution in [3.05, 3.63) is 0 Å². The van der Waals surface area contributed by atoms with Gasteiger partial charge in [0.25, 0.3) is 0 Å². The summed E-state index contributed by atoms with van der Waals surface area (Å²) in [7, 11) is 2.39. The predicted molar refractivity (Wildman–Crippen MR) is 92.7 cm³/mol. The highest BCUT2D eigenvalue weighted by atomic mass is 15.1. The molecule has 2 heteroatoms. The van der Waals surface area contributed by atoms with Crippen molar-refractivity contribution in [1.29, 1.82) is 0 Å². The Labute approximate surface area is 133 Å². The number of nitrogens with one attached hydrogen (secondary N) is 1. The van der Waals surface area contributed by atoms with E-state index >= 15 is 0 Å². The van der Waals surface area contributed by atoms with E-state index in [1.807, 2.05) is 0 Å². The highest BCUT2D eigenvalue weighted by molar-refractivity contribution is 4.91. The second-order valence-corrected chi connectivity index (χ2v) is 8.58. The lowest BCUT2D eigenvalue weighted by atomic mass is 9.69. The topological polar surface area (TPSA) is 15.3 Å². The molecule has 0 heterocycles. The third-order valence-corrected chi connectivity index (χ3v) is 5.77. The maximum atomic E-state index is 3.79. The summed E-state index contributed by atoms with van der Waals surface area (Å²) >= 11 is 0. The Bertz CT molecular complexity index is 296. The molecule has 0 radical (unpaired) electrons. The van der Waals surface area contributed by atoms with E-state index < -0.39 is 0 Å². The quantitative estimate of drug-likeness (QED) is 0.753. The average Bonchev–Trinajstić information content (AvgIpc) is 2.91. The third kappa shape index (κ3) is 5.25. The van der Waals surface area contributed by atoms with E-state index in [0.717, 1.165) is 17.9 Å². The van der Waals surface area contributed by atoms with Crippen LogP contribution in [0.15, 0.2) is 0 Å². The summed E-state index contributed by atoms with van der Waals surface area (Å²) in [6, 6.07) is 0.865. The van der Waals surface area contributed by atoms with Crippen molar-refractivity contribution in [2.45, 2.75) is 78.2 Å². The number of nitrogens with zero attached hydrogens (tertiary/aromatic N) is 1. The molecule has 2 fully saturated rings. The van der Waals surface area contributed by atoms with Gasteiger partial charge in [0.1, 0.15) is 0 Å². The van der Waals surface area contributed by atoms with Crippen LogP contribution in [0, 0.1) is 17.3 Å². The molecule has 2 atom stereocenters. The summed E-state index contributed by atoms with van der Waals surface area (Å²) in [5.74, 6) is 1.67. The molecule has 0 aromatic heterocycles. The van der Waals surface area contributed by atoms with E-state index in [-0.39, 0.29) is 0 Å². The van der Waals surface area contributed by atoms with E-state index in [4.69, 9.17) is 0 Å². The van der Waals surface area contributed by atoms with Gasteiger partial charge in [-0.2, -0.15) is 0 Å². The van der Waals surface area contributed by atoms with Crippen molar-refractivity contribution >= 4 is 0 Å². The highest BCUT2D eigenvalue weighted by Gasteiger charge is 2.37. The van der Waals surface area contributed by atoms with Gasteiger partial charge in [-0.05, 0) is 56.5 Å². The number of rotatable bonds is 7. The van der Waals surface area contributed by atoms with Crippen LogP contribution in [-0.4, -0.2) is 37.6 Å². The predicted octanol–water partition coefficient (Wildman–Crippen LogP) is 4.30. The van der Waals surface area contributed by atoms with Crippen LogP contribution in [0.3, 0.4) is 0 Å². The minimum Gasteiger partial charge on any atom is -0.316 e. The van der Waals surface area contributed by atoms with Gasteiger partial charge in [-0.3, -0.25) is 0 Å². The zero-order valence-corrected chi connectivity index (χ0v) is 15.0. The van der Waals surface area contributed by atoms with Crippen molar-refractivity contribution in [2.24, 2.45) is 17.3 Å². The van der Waals surface area contributed by atoms with E-state index in [2.05, 4.69) is 38.0 Å². The van der Waals surface area contributed by atoms with Crippen LogP contribution in [0.2, 0.25) is 0 Å². The first-order valence-electron chi connectivity index (χ1n) is 9.42. The molecule has 0 amide bonds. The molecular weight excluding hydrogens is 256 g/mol. The van der Waals surface area contributed by atoms with Gasteiger partial charge in [-0.15, -0.1) is 0 Å². The summed E-state index contributed by atoms with van der Waals surface area (Å²) in [6.07, 6.45) is 11.5. The van der Waals surface area contributed by atoms with Gasteiger partial charge < -0.3 is 10.2 Å². The van der Waals surface area contributed by atoms with Crippen LogP contribution in [-0.2, 0) is 0 Å². The maximum absolute atomic E-state index is 3.79. The lowest BCUT2D eigenvalue weighted by molar-refractivity contribution is 0.0729. The van der Waals surface area contributed by atoms with Gasteiger partial charge in [-0.25, -0.2) is 0 Å². The lowest BCUT2D eigenvalue weighted by Gasteiger charge is -2.44. The van der Waals surface area contributed by atoms with Crippen LogP contribution in [0.25, 0.3) is 0 Å². The fourth-order valence-electron chi connectivity index (χ4n) is 4.76. The van der Waals surface area contributed by atoms with E-state index in [1.165, 1.54) is 71.0 Å². The maximum Gasteiger partial charge on any atom is 0.00924 e. The van der Waals surface area contributed by atoms with E-state index in [9.17, 15) is 0 Å². The zero-order valence-electron chi connectivity index (χ0n) is 15.0. The fraction of sp³-hybridized carbons (Fsp3) is 1.00. The smallest absolute Gasteiger partial charge is 0.00924 e. The Morgan fingerprint density at radius 3 is 2.48 bits per heavy atom. The van der Waals surface area contributed by atoms with Crippen molar-refractivity contribution in [3.63, 3.8) is 0 Å². The Kier molecular flexibility index (Phi) is 6.55. The van der Waals surface area contributed by atoms with E-state index in [0.29, 0.717) is 5.41 Å². The fourth-order valence-corrected chi connectivity index (χ4v) is 4.76. The second kappa shape index (κ2) is 7.97. The average molecular weight is 295 g/mol. The van der Waals surface area contributed by atoms with Gasteiger partial charge in [0.05, 0.1) is 0 Å². The second-order valence-electron chi connectivity index (χ2n) is 8.58. The van der Waals surface area contributed by atoms with Crippen LogP contribution in [0.5, 0.6) is 0 Å². The Balaban J connectivity index is 1.93. The van der Waals surface area contributed by atoms with Gasteiger partial charge >= 0.3 is 0 Å². The highest BCUT2D eigenvalue weighted by Crippen LogP contribution is 2.40. The minimum absolute atomic E-state index is 0.532. The van der Waals surface area contributed by atoms with Gasteiger partial charge in [0.2, 0.25) is 0 Å². The summed E-state index contributed by atoms with van der Waals surface area (Å²) in [5.41, 5.74) is 0.532. The summed E-state index contributed by atoms with van der Waals surface area (Å²) in [6.45, 7) is 10.8. The first-order valence-corrected chi connectivity index (χ1v) is 9.42. The van der Waals surface area contributed by atoms with Crippen molar-refractivity contribution in [1.82, 2.24) is 10.2 Å². The van der Waals surface area contributed by atoms with Gasteiger partial charge in [0.15, 0.2) is 0 Å². The Hall–Kier alpha value is -0.0800. The van der Waals surface area contributed by atoms with Crippen LogP contribution >= 0.6 is 0 Å². The number of hydrogen-bond donors (Lipinski definition) is 1. The van der Waals surface area contributed by atoms with Gasteiger partial charge in [-0.1, -0.05) is 46.5 Å². The minimum atomic E-state index is 0.532. The van der Waals surface area contributed by atoms with Crippen molar-refractivity contribution in [3.8, 4) is 0 Å². The monoisotopic (exact) mass is 294 g/mol. The third-order valence-electron chi connectivity index (χ3n) is 5.77. The molecule has 0 aliphatic heterocycles. The van der Waals surface area contributed by atoms with Gasteiger partial charge in [0, 0.05) is 19.1 Å². The molecule has 2 rings (SSSR count).